The summed E-state index contributed by atoms with van der Waals surface area (Å²) in [6, 6.07) is 13.9. The van der Waals surface area contributed by atoms with Gasteiger partial charge < -0.3 is 4.90 Å². The van der Waals surface area contributed by atoms with Crippen LogP contribution in [-0.2, 0) is 10.0 Å². The maximum Gasteiger partial charge on any atom is 0.234 e. The highest BCUT2D eigenvalue weighted by molar-refractivity contribution is 7.92. The molecule has 1 N–H and O–H groups in total. The lowest BCUT2D eigenvalue weighted by molar-refractivity contribution is 0.364. The van der Waals surface area contributed by atoms with Crippen LogP contribution < -0.4 is 4.72 Å². The Morgan fingerprint density at radius 1 is 1.08 bits per heavy atom. The van der Waals surface area contributed by atoms with E-state index >= 15 is 0 Å². The van der Waals surface area contributed by atoms with Gasteiger partial charge in [0, 0.05) is 12.0 Å². The minimum absolute atomic E-state index is 0.391. The third kappa shape index (κ3) is 6.45. The van der Waals surface area contributed by atoms with Crippen LogP contribution in [0.4, 0.5) is 0 Å². The Morgan fingerprint density at radius 2 is 1.76 bits per heavy atom. The zero-order valence-corrected chi connectivity index (χ0v) is 16.3. The van der Waals surface area contributed by atoms with Gasteiger partial charge in [-0.25, -0.2) is 13.1 Å². The molecule has 0 fully saturated rings. The summed E-state index contributed by atoms with van der Waals surface area (Å²) in [4.78, 5) is 1.90. The van der Waals surface area contributed by atoms with E-state index in [2.05, 4.69) is 4.72 Å². The van der Waals surface area contributed by atoms with Gasteiger partial charge in [0.2, 0.25) is 10.0 Å². The summed E-state index contributed by atoms with van der Waals surface area (Å²) < 4.78 is 27.6. The van der Waals surface area contributed by atoms with E-state index in [9.17, 15) is 8.42 Å². The third-order valence-corrected chi connectivity index (χ3v) is 5.29. The van der Waals surface area contributed by atoms with Crippen molar-refractivity contribution in [2.24, 2.45) is 0 Å². The minimum Gasteiger partial charge on any atom is -0.307 e. The number of rotatable bonds is 7. The van der Waals surface area contributed by atoms with Crippen molar-refractivity contribution in [1.82, 2.24) is 9.62 Å². The summed E-state index contributed by atoms with van der Waals surface area (Å²) in [6.45, 7) is 0.483. The Labute approximate surface area is 159 Å². The first-order valence-corrected chi connectivity index (χ1v) is 9.92. The number of halogens is 2. The molecule has 0 saturated carbocycles. The van der Waals surface area contributed by atoms with Crippen molar-refractivity contribution in [3.8, 4) is 0 Å². The van der Waals surface area contributed by atoms with Crippen molar-refractivity contribution < 1.29 is 8.42 Å². The van der Waals surface area contributed by atoms with E-state index < -0.39 is 16.1 Å². The molecule has 0 unspecified atom stereocenters. The smallest absolute Gasteiger partial charge is 0.234 e. The van der Waals surface area contributed by atoms with Crippen LogP contribution in [0, 0.1) is 0 Å². The summed E-state index contributed by atoms with van der Waals surface area (Å²) >= 11 is 12.0. The normalized spacial score (nSPS) is 13.5. The predicted octanol–water partition coefficient (Wildman–Crippen LogP) is 4.19. The van der Waals surface area contributed by atoms with Gasteiger partial charge in [0.05, 0.1) is 16.1 Å². The standard InChI is InChI=1S/C18H20Cl2N2O2S/c1-22(2)13-18(15-8-9-16(19)17(20)12-15)21-25(23,24)11-10-14-6-4-3-5-7-14/h3-12,18,21H,13H2,1-2H3/b11-10+/t18-/m1/s1. The van der Waals surface area contributed by atoms with E-state index in [1.54, 1.807) is 24.3 Å². The molecule has 0 aliphatic rings. The second-order valence-electron chi connectivity index (χ2n) is 5.86. The molecule has 134 valence electrons. The zero-order chi connectivity index (χ0) is 18.4. The molecule has 1 atom stereocenters. The highest BCUT2D eigenvalue weighted by Gasteiger charge is 2.19. The van der Waals surface area contributed by atoms with Crippen LogP contribution in [-0.4, -0.2) is 34.0 Å². The largest absolute Gasteiger partial charge is 0.307 e. The average molecular weight is 399 g/mol. The molecule has 0 aromatic heterocycles. The zero-order valence-electron chi connectivity index (χ0n) is 14.0. The second kappa shape index (κ2) is 8.83. The lowest BCUT2D eigenvalue weighted by Crippen LogP contribution is -2.34. The summed E-state index contributed by atoms with van der Waals surface area (Å²) in [5.41, 5.74) is 1.56. The molecule has 0 saturated heterocycles. The van der Waals surface area contributed by atoms with Gasteiger partial charge in [0.1, 0.15) is 0 Å². The maximum atomic E-state index is 12.4. The van der Waals surface area contributed by atoms with Crippen LogP contribution in [0.15, 0.2) is 53.9 Å². The van der Waals surface area contributed by atoms with Crippen LogP contribution in [0.25, 0.3) is 6.08 Å². The fourth-order valence-electron chi connectivity index (χ4n) is 2.27. The quantitative estimate of drug-likeness (QED) is 0.760. The Kier molecular flexibility index (Phi) is 7.04. The Bertz CT molecular complexity index is 837. The summed E-state index contributed by atoms with van der Waals surface area (Å²) in [7, 11) is 0.118. The van der Waals surface area contributed by atoms with Gasteiger partial charge in [0.15, 0.2) is 0 Å². The van der Waals surface area contributed by atoms with Gasteiger partial charge in [-0.15, -0.1) is 0 Å². The molecule has 0 aliphatic carbocycles. The van der Waals surface area contributed by atoms with E-state index in [0.29, 0.717) is 16.6 Å². The molecule has 2 rings (SSSR count). The number of nitrogens with zero attached hydrogens (tertiary/aromatic N) is 1. The first-order valence-electron chi connectivity index (χ1n) is 7.62. The Balaban J connectivity index is 2.23. The number of likely N-dealkylation sites (N-methyl/N-ethyl adjacent to an activating group) is 1. The highest BCUT2D eigenvalue weighted by atomic mass is 35.5. The molecule has 4 nitrogen and oxygen atoms in total. The fourth-order valence-corrected chi connectivity index (χ4v) is 3.60. The Hall–Kier alpha value is -1.37. The molecule has 0 amide bonds. The van der Waals surface area contributed by atoms with Crippen LogP contribution >= 0.6 is 23.2 Å². The first kappa shape index (κ1) is 19.9. The molecule has 0 bridgehead atoms. The molecule has 2 aromatic rings. The number of sulfonamides is 1. The number of benzene rings is 2. The molecular weight excluding hydrogens is 379 g/mol. The van der Waals surface area contributed by atoms with E-state index in [4.69, 9.17) is 23.2 Å². The summed E-state index contributed by atoms with van der Waals surface area (Å²) in [5, 5.41) is 1.99. The lowest BCUT2D eigenvalue weighted by Gasteiger charge is -2.22. The molecular formula is C18H20Cl2N2O2S. The van der Waals surface area contributed by atoms with Crippen LogP contribution in [0.1, 0.15) is 17.2 Å². The molecule has 0 heterocycles. The molecule has 7 heteroatoms. The van der Waals surface area contributed by atoms with Gasteiger partial charge in [-0.05, 0) is 43.4 Å². The monoisotopic (exact) mass is 398 g/mol. The average Bonchev–Trinajstić information content (AvgIpc) is 2.55. The van der Waals surface area contributed by atoms with Gasteiger partial charge in [0.25, 0.3) is 0 Å². The second-order valence-corrected chi connectivity index (χ2v) is 8.28. The molecule has 2 aromatic carbocycles. The van der Waals surface area contributed by atoms with Crippen LogP contribution in [0.5, 0.6) is 0 Å². The van der Waals surface area contributed by atoms with Gasteiger partial charge >= 0.3 is 0 Å². The van der Waals surface area contributed by atoms with Crippen molar-refractivity contribution in [3.63, 3.8) is 0 Å². The van der Waals surface area contributed by atoms with Gasteiger partial charge in [-0.1, -0.05) is 59.6 Å². The predicted molar refractivity (Wildman–Crippen MR) is 105 cm³/mol. The lowest BCUT2D eigenvalue weighted by atomic mass is 10.1. The van der Waals surface area contributed by atoms with Crippen molar-refractivity contribution >= 4 is 39.3 Å². The molecule has 0 radical (unpaired) electrons. The van der Waals surface area contributed by atoms with E-state index in [0.717, 1.165) is 11.1 Å². The fraction of sp³-hybridized carbons (Fsp3) is 0.222. The van der Waals surface area contributed by atoms with E-state index in [-0.39, 0.29) is 0 Å². The number of hydrogen-bond donors (Lipinski definition) is 1. The van der Waals surface area contributed by atoms with Gasteiger partial charge in [-0.3, -0.25) is 0 Å². The van der Waals surface area contributed by atoms with Crippen molar-refractivity contribution in [2.45, 2.75) is 6.04 Å². The van der Waals surface area contributed by atoms with Crippen LogP contribution in [0.2, 0.25) is 10.0 Å². The molecule has 25 heavy (non-hydrogen) atoms. The first-order chi connectivity index (χ1) is 11.8. The SMILES string of the molecule is CN(C)C[C@@H](NS(=O)(=O)/C=C/c1ccccc1)c1ccc(Cl)c(Cl)c1. The van der Waals surface area contributed by atoms with Crippen LogP contribution in [0.3, 0.4) is 0 Å². The molecule has 0 aliphatic heterocycles. The summed E-state index contributed by atoms with van der Waals surface area (Å²) in [5.74, 6) is 0. The highest BCUT2D eigenvalue weighted by Crippen LogP contribution is 2.26. The molecule has 0 spiro atoms. The number of hydrogen-bond acceptors (Lipinski definition) is 3. The topological polar surface area (TPSA) is 49.4 Å². The maximum absolute atomic E-state index is 12.4. The Morgan fingerprint density at radius 3 is 2.36 bits per heavy atom. The van der Waals surface area contributed by atoms with Crippen molar-refractivity contribution in [2.75, 3.05) is 20.6 Å². The van der Waals surface area contributed by atoms with Crippen molar-refractivity contribution in [3.05, 3.63) is 75.1 Å². The minimum atomic E-state index is -3.63. The third-order valence-electron chi connectivity index (χ3n) is 3.44. The summed E-state index contributed by atoms with van der Waals surface area (Å²) in [6.07, 6.45) is 1.56. The van der Waals surface area contributed by atoms with E-state index in [1.807, 2.05) is 49.3 Å². The van der Waals surface area contributed by atoms with E-state index in [1.165, 1.54) is 5.41 Å². The van der Waals surface area contributed by atoms with Crippen molar-refractivity contribution in [1.29, 1.82) is 0 Å². The van der Waals surface area contributed by atoms with Gasteiger partial charge in [-0.2, -0.15) is 0 Å². The number of nitrogens with one attached hydrogen (secondary N) is 1.